The third kappa shape index (κ3) is 4.72. The number of anilines is 1. The number of pyridine rings is 3. The van der Waals surface area contributed by atoms with Crippen molar-refractivity contribution in [2.75, 3.05) is 39.5 Å². The van der Waals surface area contributed by atoms with Gasteiger partial charge in [-0.3, -0.25) is 24.0 Å². The van der Waals surface area contributed by atoms with Crippen LogP contribution >= 0.6 is 0 Å². The highest BCUT2D eigenvalue weighted by atomic mass is 16.2. The third-order valence-electron chi connectivity index (χ3n) is 7.19. The fraction of sp³-hybridized carbons (Fsp3) is 0.310. The summed E-state index contributed by atoms with van der Waals surface area (Å²) in [6.45, 7) is 4.49. The van der Waals surface area contributed by atoms with Crippen molar-refractivity contribution in [1.82, 2.24) is 28.9 Å². The van der Waals surface area contributed by atoms with Gasteiger partial charge in [-0.05, 0) is 48.7 Å². The highest BCUT2D eigenvalue weighted by Crippen LogP contribution is 2.27. The van der Waals surface area contributed by atoms with Gasteiger partial charge in [-0.1, -0.05) is 6.08 Å². The molecule has 4 aromatic rings. The molecule has 0 unspecified atom stereocenters. The van der Waals surface area contributed by atoms with Crippen molar-refractivity contribution in [2.24, 2.45) is 7.05 Å². The second kappa shape index (κ2) is 10.3. The largest absolute Gasteiger partial charge is 0.388 e. The molecule has 0 radical (unpaired) electrons. The van der Waals surface area contributed by atoms with Crippen LogP contribution in [0, 0.1) is 6.92 Å². The van der Waals surface area contributed by atoms with E-state index < -0.39 is 0 Å². The lowest BCUT2D eigenvalue weighted by Crippen LogP contribution is -2.29. The van der Waals surface area contributed by atoms with Crippen molar-refractivity contribution in [3.63, 3.8) is 0 Å². The van der Waals surface area contributed by atoms with Crippen LogP contribution in [-0.4, -0.2) is 69.0 Å². The van der Waals surface area contributed by atoms with E-state index in [4.69, 9.17) is 0 Å². The zero-order chi connectivity index (χ0) is 27.0. The van der Waals surface area contributed by atoms with Gasteiger partial charge in [0.1, 0.15) is 5.65 Å². The fourth-order valence-corrected chi connectivity index (χ4v) is 5.04. The highest BCUT2D eigenvalue weighted by Gasteiger charge is 2.20. The van der Waals surface area contributed by atoms with E-state index >= 15 is 0 Å². The molecule has 0 spiro atoms. The molecule has 1 aliphatic heterocycles. The molecule has 1 aliphatic rings. The summed E-state index contributed by atoms with van der Waals surface area (Å²) in [5, 5.41) is 3.96. The van der Waals surface area contributed by atoms with Crippen molar-refractivity contribution in [3.8, 4) is 5.69 Å². The molecule has 0 aliphatic carbocycles. The Balaban J connectivity index is 1.36. The number of amides is 1. The zero-order valence-electron chi connectivity index (χ0n) is 22.5. The molecule has 1 amide bonds. The van der Waals surface area contributed by atoms with Crippen molar-refractivity contribution < 1.29 is 4.79 Å². The maximum Gasteiger partial charge on any atom is 0.257 e. The van der Waals surface area contributed by atoms with E-state index in [1.807, 2.05) is 32.2 Å². The van der Waals surface area contributed by atoms with Gasteiger partial charge in [0.2, 0.25) is 0 Å². The minimum Gasteiger partial charge on any atom is -0.388 e. The van der Waals surface area contributed by atoms with Crippen LogP contribution in [0.5, 0.6) is 0 Å². The van der Waals surface area contributed by atoms with Crippen molar-refractivity contribution in [1.29, 1.82) is 0 Å². The van der Waals surface area contributed by atoms with Crippen LogP contribution in [0.15, 0.2) is 59.8 Å². The minimum absolute atomic E-state index is 0.0385. The topological polar surface area (TPSA) is 88.3 Å². The van der Waals surface area contributed by atoms with Crippen LogP contribution in [0.4, 0.5) is 5.69 Å². The first-order valence-electron chi connectivity index (χ1n) is 12.7. The number of aryl methyl sites for hydroxylation is 2. The van der Waals surface area contributed by atoms with Crippen LogP contribution in [0.3, 0.4) is 0 Å². The highest BCUT2D eigenvalue weighted by molar-refractivity contribution is 5.94. The first-order chi connectivity index (χ1) is 18.3. The maximum absolute atomic E-state index is 12.8. The second-order valence-electron chi connectivity index (χ2n) is 9.94. The van der Waals surface area contributed by atoms with Gasteiger partial charge in [0.15, 0.2) is 0 Å². The molecule has 5 heterocycles. The number of aromatic nitrogens is 4. The summed E-state index contributed by atoms with van der Waals surface area (Å²) >= 11 is 0. The molecular weight excluding hydrogens is 478 g/mol. The molecule has 0 fully saturated rings. The van der Waals surface area contributed by atoms with Crippen LogP contribution in [0.1, 0.15) is 33.7 Å². The van der Waals surface area contributed by atoms with E-state index in [0.29, 0.717) is 5.56 Å². The summed E-state index contributed by atoms with van der Waals surface area (Å²) in [5.74, 6) is -0.0385. The molecule has 9 nitrogen and oxygen atoms in total. The Bertz CT molecular complexity index is 1610. The van der Waals surface area contributed by atoms with E-state index in [2.05, 4.69) is 36.9 Å². The fourth-order valence-electron chi connectivity index (χ4n) is 5.04. The number of nitrogens with zero attached hydrogens (tertiary/aromatic N) is 6. The lowest BCUT2D eigenvalue weighted by molar-refractivity contribution is 0.0827. The van der Waals surface area contributed by atoms with E-state index in [0.717, 1.165) is 65.4 Å². The SMILES string of the molecule is CNc1ccn(-c2ccnc3c2cc(CN2CC=C(c4ncc(C(=O)N(C)C)cc4C)CC2)n3C)c(=O)c1. The summed E-state index contributed by atoms with van der Waals surface area (Å²) in [6.07, 6.45) is 8.35. The molecule has 0 aromatic carbocycles. The number of fused-ring (bicyclic) bond motifs is 1. The molecule has 5 rings (SSSR count). The Labute approximate surface area is 222 Å². The average molecular weight is 512 g/mol. The molecule has 1 N–H and O–H groups in total. The third-order valence-corrected chi connectivity index (χ3v) is 7.19. The zero-order valence-corrected chi connectivity index (χ0v) is 22.5. The second-order valence-corrected chi connectivity index (χ2v) is 9.94. The van der Waals surface area contributed by atoms with Gasteiger partial charge >= 0.3 is 0 Å². The Kier molecular flexibility index (Phi) is 6.86. The lowest BCUT2D eigenvalue weighted by atomic mass is 9.99. The van der Waals surface area contributed by atoms with E-state index in [9.17, 15) is 9.59 Å². The van der Waals surface area contributed by atoms with Crippen LogP contribution in [0.2, 0.25) is 0 Å². The minimum atomic E-state index is -0.0912. The molecule has 196 valence electrons. The van der Waals surface area contributed by atoms with Gasteiger partial charge in [-0.2, -0.15) is 0 Å². The summed E-state index contributed by atoms with van der Waals surface area (Å²) in [6, 6.07) is 9.43. The molecule has 0 saturated heterocycles. The van der Waals surface area contributed by atoms with E-state index in [1.54, 1.807) is 55.3 Å². The number of rotatable bonds is 6. The molecule has 4 aromatic heterocycles. The van der Waals surface area contributed by atoms with Gasteiger partial charge in [0.05, 0.1) is 16.9 Å². The van der Waals surface area contributed by atoms with Gasteiger partial charge in [-0.15, -0.1) is 0 Å². The quantitative estimate of drug-likeness (QED) is 0.427. The van der Waals surface area contributed by atoms with Crippen LogP contribution < -0.4 is 10.9 Å². The summed E-state index contributed by atoms with van der Waals surface area (Å²) in [5.41, 5.74) is 7.31. The maximum atomic E-state index is 12.8. The number of hydrogen-bond acceptors (Lipinski definition) is 6. The summed E-state index contributed by atoms with van der Waals surface area (Å²) in [7, 11) is 7.32. The molecule has 0 saturated carbocycles. The Morgan fingerprint density at radius 2 is 1.97 bits per heavy atom. The number of nitrogens with one attached hydrogen (secondary N) is 1. The molecule has 38 heavy (non-hydrogen) atoms. The van der Waals surface area contributed by atoms with Gasteiger partial charge in [0, 0.05) is 89.2 Å². The van der Waals surface area contributed by atoms with Crippen molar-refractivity contribution in [3.05, 3.63) is 87.9 Å². The predicted octanol–water partition coefficient (Wildman–Crippen LogP) is 3.46. The number of carbonyl (C=O) groups excluding carboxylic acids is 1. The molecular formula is C29H33N7O2. The van der Waals surface area contributed by atoms with Gasteiger partial charge in [0.25, 0.3) is 11.5 Å². The number of carbonyl (C=O) groups is 1. The predicted molar refractivity (Wildman–Crippen MR) is 151 cm³/mol. The Morgan fingerprint density at radius 1 is 1.16 bits per heavy atom. The summed E-state index contributed by atoms with van der Waals surface area (Å²) < 4.78 is 3.77. The normalized spacial score (nSPS) is 14.0. The van der Waals surface area contributed by atoms with Crippen LogP contribution in [0.25, 0.3) is 22.3 Å². The van der Waals surface area contributed by atoms with Gasteiger partial charge in [-0.25, -0.2) is 4.98 Å². The first-order valence-corrected chi connectivity index (χ1v) is 12.7. The Morgan fingerprint density at radius 3 is 2.63 bits per heavy atom. The Hall–Kier alpha value is -4.24. The average Bonchev–Trinajstić information content (AvgIpc) is 3.23. The van der Waals surface area contributed by atoms with Gasteiger partial charge < -0.3 is 14.8 Å². The smallest absolute Gasteiger partial charge is 0.257 e. The van der Waals surface area contributed by atoms with Crippen molar-refractivity contribution >= 4 is 28.2 Å². The lowest BCUT2D eigenvalue weighted by Gasteiger charge is -2.26. The standard InChI is InChI=1S/C29H33N7O2/c1-19-14-21(29(38)33(3)4)17-32-27(19)20-7-11-35(12-8-20)18-23-16-24-25(6-10-31-28(24)34(23)5)36-13-9-22(30-2)15-26(36)37/h6-7,9-10,13-17,30H,8,11-12,18H2,1-5H3. The van der Waals surface area contributed by atoms with Crippen LogP contribution in [-0.2, 0) is 13.6 Å². The van der Waals surface area contributed by atoms with Crippen molar-refractivity contribution in [2.45, 2.75) is 19.9 Å². The molecule has 0 atom stereocenters. The monoisotopic (exact) mass is 511 g/mol. The molecule has 9 heteroatoms. The van der Waals surface area contributed by atoms with E-state index in [1.165, 1.54) is 5.57 Å². The first kappa shape index (κ1) is 25.4. The summed E-state index contributed by atoms with van der Waals surface area (Å²) in [4.78, 5) is 38.2. The molecule has 0 bridgehead atoms. The van der Waals surface area contributed by atoms with E-state index in [-0.39, 0.29) is 11.5 Å². The number of hydrogen-bond donors (Lipinski definition) is 1.